The van der Waals surface area contributed by atoms with E-state index in [1.54, 1.807) is 0 Å². The lowest BCUT2D eigenvalue weighted by molar-refractivity contribution is 0.130. The molecule has 0 aliphatic carbocycles. The number of aliphatic hydroxyl groups excluding tert-OH is 1. The maximum absolute atomic E-state index is 9.88. The van der Waals surface area contributed by atoms with Gasteiger partial charge in [0.1, 0.15) is 6.10 Å². The van der Waals surface area contributed by atoms with E-state index >= 15 is 0 Å². The number of aryl methyl sites for hydroxylation is 1. The molecule has 6 heteroatoms. The second-order valence-corrected chi connectivity index (χ2v) is 5.66. The summed E-state index contributed by atoms with van der Waals surface area (Å²) in [6.07, 6.45) is 2.28. The van der Waals surface area contributed by atoms with Crippen molar-refractivity contribution in [3.05, 3.63) is 11.6 Å². The number of nitrogens with zero attached hydrogens (tertiary/aromatic N) is 5. The highest BCUT2D eigenvalue weighted by Crippen LogP contribution is 2.22. The molecule has 2 aliphatic heterocycles. The summed E-state index contributed by atoms with van der Waals surface area (Å²) in [7, 11) is 2.17. The average Bonchev–Trinajstić information content (AvgIpc) is 2.83. The Kier molecular flexibility index (Phi) is 3.81. The van der Waals surface area contributed by atoms with Crippen molar-refractivity contribution in [3.63, 3.8) is 0 Å². The minimum Gasteiger partial charge on any atom is -0.385 e. The zero-order chi connectivity index (χ0) is 13.2. The first-order valence-electron chi connectivity index (χ1n) is 7.25. The maximum Gasteiger partial charge on any atom is 0.156 e. The number of aromatic nitrogens is 3. The summed E-state index contributed by atoms with van der Waals surface area (Å²) in [6.45, 7) is 6.47. The standard InChI is InChI=1S/C13H23N5O/c1-16-7-9-17(10-8-16)6-4-12-14-13-11(19)3-2-5-18(13)15-12/h11,19H,2-10H2,1H3. The van der Waals surface area contributed by atoms with E-state index in [9.17, 15) is 5.11 Å². The van der Waals surface area contributed by atoms with Gasteiger partial charge in [-0.05, 0) is 19.9 Å². The quantitative estimate of drug-likeness (QED) is 0.827. The van der Waals surface area contributed by atoms with Crippen molar-refractivity contribution in [2.24, 2.45) is 0 Å². The highest BCUT2D eigenvalue weighted by Gasteiger charge is 2.22. The van der Waals surface area contributed by atoms with E-state index in [-0.39, 0.29) is 0 Å². The van der Waals surface area contributed by atoms with E-state index in [0.29, 0.717) is 0 Å². The van der Waals surface area contributed by atoms with E-state index < -0.39 is 6.10 Å². The monoisotopic (exact) mass is 265 g/mol. The van der Waals surface area contributed by atoms with Crippen molar-refractivity contribution < 1.29 is 5.11 Å². The average molecular weight is 265 g/mol. The van der Waals surface area contributed by atoms with Crippen LogP contribution in [0.4, 0.5) is 0 Å². The number of hydrogen-bond donors (Lipinski definition) is 1. The Bertz CT molecular complexity index is 425. The molecule has 0 bridgehead atoms. The van der Waals surface area contributed by atoms with Gasteiger partial charge in [-0.3, -0.25) is 0 Å². The predicted molar refractivity (Wildman–Crippen MR) is 71.9 cm³/mol. The van der Waals surface area contributed by atoms with Crippen LogP contribution in [0, 0.1) is 0 Å². The highest BCUT2D eigenvalue weighted by molar-refractivity contribution is 4.99. The normalized spacial score (nSPS) is 25.5. The van der Waals surface area contributed by atoms with Crippen LogP contribution in [-0.4, -0.2) is 69.4 Å². The molecule has 1 atom stereocenters. The smallest absolute Gasteiger partial charge is 0.156 e. The molecular weight excluding hydrogens is 242 g/mol. The maximum atomic E-state index is 9.88. The second-order valence-electron chi connectivity index (χ2n) is 5.66. The molecule has 2 aliphatic rings. The molecule has 3 rings (SSSR count). The zero-order valence-electron chi connectivity index (χ0n) is 11.6. The Labute approximate surface area is 114 Å². The van der Waals surface area contributed by atoms with Gasteiger partial charge in [0.2, 0.25) is 0 Å². The molecule has 0 amide bonds. The van der Waals surface area contributed by atoms with Crippen LogP contribution >= 0.6 is 0 Å². The summed E-state index contributed by atoms with van der Waals surface area (Å²) in [5.74, 6) is 1.65. The van der Waals surface area contributed by atoms with Crippen molar-refractivity contribution in [2.75, 3.05) is 39.8 Å². The molecule has 6 nitrogen and oxygen atoms in total. The van der Waals surface area contributed by atoms with Gasteiger partial charge in [-0.25, -0.2) is 9.67 Å². The number of rotatable bonds is 3. The molecule has 1 aromatic heterocycles. The van der Waals surface area contributed by atoms with Crippen LogP contribution in [0.3, 0.4) is 0 Å². The Balaban J connectivity index is 1.56. The number of aliphatic hydroxyl groups is 1. The molecule has 19 heavy (non-hydrogen) atoms. The van der Waals surface area contributed by atoms with Crippen LogP contribution < -0.4 is 0 Å². The third-order valence-corrected chi connectivity index (χ3v) is 4.14. The van der Waals surface area contributed by atoms with Gasteiger partial charge in [0, 0.05) is 45.7 Å². The first-order valence-corrected chi connectivity index (χ1v) is 7.25. The fraction of sp³-hybridized carbons (Fsp3) is 0.846. The van der Waals surface area contributed by atoms with Crippen LogP contribution in [0.15, 0.2) is 0 Å². The van der Waals surface area contributed by atoms with Gasteiger partial charge in [0.05, 0.1) is 0 Å². The number of likely N-dealkylation sites (N-methyl/N-ethyl adjacent to an activating group) is 1. The van der Waals surface area contributed by atoms with Crippen LogP contribution in [0.25, 0.3) is 0 Å². The molecule has 0 aromatic carbocycles. The molecular formula is C13H23N5O. The summed E-state index contributed by atoms with van der Waals surface area (Å²) < 4.78 is 1.88. The molecule has 1 aromatic rings. The fourth-order valence-corrected chi connectivity index (χ4v) is 2.81. The van der Waals surface area contributed by atoms with Gasteiger partial charge in [-0.2, -0.15) is 5.10 Å². The van der Waals surface area contributed by atoms with Gasteiger partial charge < -0.3 is 14.9 Å². The minimum absolute atomic E-state index is 0.418. The largest absolute Gasteiger partial charge is 0.385 e. The molecule has 0 saturated carbocycles. The van der Waals surface area contributed by atoms with Gasteiger partial charge >= 0.3 is 0 Å². The fourth-order valence-electron chi connectivity index (χ4n) is 2.81. The van der Waals surface area contributed by atoms with Gasteiger partial charge in [0.15, 0.2) is 11.6 Å². The molecule has 1 unspecified atom stereocenters. The summed E-state index contributed by atoms with van der Waals surface area (Å²) in [6, 6.07) is 0. The number of hydrogen-bond acceptors (Lipinski definition) is 5. The van der Waals surface area contributed by atoms with Gasteiger partial charge in [-0.1, -0.05) is 0 Å². The molecule has 1 N–H and O–H groups in total. The summed E-state index contributed by atoms with van der Waals surface area (Å²) in [5, 5.41) is 14.4. The Hall–Kier alpha value is -0.980. The van der Waals surface area contributed by atoms with E-state index in [1.807, 2.05) is 4.68 Å². The molecule has 0 spiro atoms. The second kappa shape index (κ2) is 5.56. The zero-order valence-corrected chi connectivity index (χ0v) is 11.6. The Morgan fingerprint density at radius 1 is 1.21 bits per heavy atom. The summed E-state index contributed by atoms with van der Waals surface area (Å²) >= 11 is 0. The van der Waals surface area contributed by atoms with E-state index in [2.05, 4.69) is 26.9 Å². The van der Waals surface area contributed by atoms with Crippen molar-refractivity contribution in [3.8, 4) is 0 Å². The third-order valence-electron chi connectivity index (χ3n) is 4.14. The van der Waals surface area contributed by atoms with Crippen molar-refractivity contribution >= 4 is 0 Å². The Morgan fingerprint density at radius 3 is 2.74 bits per heavy atom. The highest BCUT2D eigenvalue weighted by atomic mass is 16.3. The van der Waals surface area contributed by atoms with Crippen LogP contribution in [-0.2, 0) is 13.0 Å². The molecule has 3 heterocycles. The lowest BCUT2D eigenvalue weighted by atomic mass is 10.1. The van der Waals surface area contributed by atoms with Gasteiger partial charge in [-0.15, -0.1) is 0 Å². The molecule has 0 radical (unpaired) electrons. The first kappa shape index (κ1) is 13.0. The van der Waals surface area contributed by atoms with Crippen molar-refractivity contribution in [1.29, 1.82) is 0 Å². The Morgan fingerprint density at radius 2 is 2.00 bits per heavy atom. The van der Waals surface area contributed by atoms with Crippen molar-refractivity contribution in [1.82, 2.24) is 24.6 Å². The van der Waals surface area contributed by atoms with Crippen molar-refractivity contribution in [2.45, 2.75) is 31.9 Å². The van der Waals surface area contributed by atoms with Crippen LogP contribution in [0.5, 0.6) is 0 Å². The topological polar surface area (TPSA) is 57.4 Å². The summed E-state index contributed by atoms with van der Waals surface area (Å²) in [5.41, 5.74) is 0. The van der Waals surface area contributed by atoms with E-state index in [4.69, 9.17) is 0 Å². The molecule has 1 saturated heterocycles. The lowest BCUT2D eigenvalue weighted by Crippen LogP contribution is -2.45. The van der Waals surface area contributed by atoms with E-state index in [1.165, 1.54) is 0 Å². The number of fused-ring (bicyclic) bond motifs is 1. The first-order chi connectivity index (χ1) is 9.22. The van der Waals surface area contributed by atoms with Crippen LogP contribution in [0.1, 0.15) is 30.6 Å². The van der Waals surface area contributed by atoms with Crippen LogP contribution in [0.2, 0.25) is 0 Å². The van der Waals surface area contributed by atoms with Gasteiger partial charge in [0.25, 0.3) is 0 Å². The van der Waals surface area contributed by atoms with E-state index in [0.717, 1.165) is 70.2 Å². The molecule has 106 valence electrons. The molecule has 1 fully saturated rings. The number of piperazine rings is 1. The summed E-state index contributed by atoms with van der Waals surface area (Å²) in [4.78, 5) is 9.33. The predicted octanol–water partition coefficient (Wildman–Crippen LogP) is -0.105. The lowest BCUT2D eigenvalue weighted by Gasteiger charge is -2.31. The third kappa shape index (κ3) is 2.96. The SMILES string of the molecule is CN1CCN(CCc2nc3n(n2)CCCC3O)CC1. The minimum atomic E-state index is -0.418.